The van der Waals surface area contributed by atoms with E-state index in [0.29, 0.717) is 29.3 Å². The number of hydrogen-bond donors (Lipinski definition) is 0. The molecule has 1 fully saturated rings. The van der Waals surface area contributed by atoms with Gasteiger partial charge in [-0.25, -0.2) is 4.98 Å². The standard InChI is InChI=1S/C33H30N2O4/c1-4-37-32(36)33(19-20-33)26-15-13-24(14-16-26)23-9-11-25(12-10-23)31-30-28(35-39-31)17-18-29(34-30)38-22(3)27-8-6-5-7-21(27)2/h5-18,22H,4,19-20H2,1-3H3/t22-/m1/s1. The molecule has 0 radical (unpaired) electrons. The fraction of sp³-hybridized carbons (Fsp3) is 0.242. The van der Waals surface area contributed by atoms with Crippen molar-refractivity contribution in [1.29, 1.82) is 0 Å². The largest absolute Gasteiger partial charge is 0.470 e. The highest BCUT2D eigenvalue weighted by molar-refractivity contribution is 5.89. The van der Waals surface area contributed by atoms with Crippen LogP contribution in [0, 0.1) is 6.92 Å². The lowest BCUT2D eigenvalue weighted by molar-refractivity contribution is -0.146. The van der Waals surface area contributed by atoms with Gasteiger partial charge in [-0.1, -0.05) is 78.0 Å². The third kappa shape index (κ3) is 4.67. The van der Waals surface area contributed by atoms with Crippen LogP contribution < -0.4 is 4.74 Å². The molecule has 0 saturated heterocycles. The van der Waals surface area contributed by atoms with Crippen molar-refractivity contribution in [3.05, 3.63) is 102 Å². The number of nitrogens with zero attached hydrogens (tertiary/aromatic N) is 2. The Morgan fingerprint density at radius 2 is 1.59 bits per heavy atom. The average molecular weight is 519 g/mol. The fourth-order valence-electron chi connectivity index (χ4n) is 5.16. The molecule has 39 heavy (non-hydrogen) atoms. The van der Waals surface area contributed by atoms with E-state index in [1.165, 1.54) is 5.56 Å². The van der Waals surface area contributed by atoms with Crippen LogP contribution in [0.2, 0.25) is 0 Å². The molecule has 0 amide bonds. The molecule has 0 bridgehead atoms. The van der Waals surface area contributed by atoms with E-state index in [-0.39, 0.29) is 12.1 Å². The number of esters is 1. The van der Waals surface area contributed by atoms with Crippen LogP contribution in [0.25, 0.3) is 33.5 Å². The zero-order valence-corrected chi connectivity index (χ0v) is 22.3. The minimum absolute atomic E-state index is 0.117. The molecule has 1 aliphatic rings. The summed E-state index contributed by atoms with van der Waals surface area (Å²) >= 11 is 0. The van der Waals surface area contributed by atoms with Gasteiger partial charge in [0.2, 0.25) is 5.88 Å². The molecule has 3 aromatic carbocycles. The smallest absolute Gasteiger partial charge is 0.316 e. The summed E-state index contributed by atoms with van der Waals surface area (Å²) in [6.45, 7) is 6.35. The molecule has 196 valence electrons. The van der Waals surface area contributed by atoms with E-state index >= 15 is 0 Å². The maximum Gasteiger partial charge on any atom is 0.316 e. The molecule has 0 aliphatic heterocycles. The number of benzene rings is 3. The van der Waals surface area contributed by atoms with Crippen LogP contribution in [-0.4, -0.2) is 22.7 Å². The zero-order chi connectivity index (χ0) is 27.0. The molecular weight excluding hydrogens is 488 g/mol. The van der Waals surface area contributed by atoms with E-state index in [4.69, 9.17) is 19.0 Å². The zero-order valence-electron chi connectivity index (χ0n) is 22.3. The topological polar surface area (TPSA) is 74.5 Å². The summed E-state index contributed by atoms with van der Waals surface area (Å²) in [5.74, 6) is 1.01. The highest BCUT2D eigenvalue weighted by Gasteiger charge is 2.52. The Morgan fingerprint density at radius 3 is 2.26 bits per heavy atom. The van der Waals surface area contributed by atoms with Crippen molar-refractivity contribution in [2.45, 2.75) is 45.1 Å². The third-order valence-corrected chi connectivity index (χ3v) is 7.56. The number of hydrogen-bond acceptors (Lipinski definition) is 6. The van der Waals surface area contributed by atoms with Crippen LogP contribution in [0.1, 0.15) is 49.5 Å². The molecule has 6 heteroatoms. The van der Waals surface area contributed by atoms with Crippen LogP contribution >= 0.6 is 0 Å². The summed E-state index contributed by atoms with van der Waals surface area (Å²) in [4.78, 5) is 17.2. The van der Waals surface area contributed by atoms with Gasteiger partial charge in [-0.05, 0) is 67.5 Å². The Kier molecular flexibility index (Phi) is 6.39. The maximum absolute atomic E-state index is 12.4. The molecule has 1 saturated carbocycles. The van der Waals surface area contributed by atoms with Gasteiger partial charge < -0.3 is 14.0 Å². The summed E-state index contributed by atoms with van der Waals surface area (Å²) < 4.78 is 17.2. The first-order valence-corrected chi connectivity index (χ1v) is 13.4. The molecule has 1 aliphatic carbocycles. The van der Waals surface area contributed by atoms with Crippen molar-refractivity contribution in [2.75, 3.05) is 6.61 Å². The van der Waals surface area contributed by atoms with E-state index in [1.807, 2.05) is 62.4 Å². The van der Waals surface area contributed by atoms with Gasteiger partial charge in [-0.15, -0.1) is 0 Å². The Balaban J connectivity index is 1.22. The van der Waals surface area contributed by atoms with Crippen molar-refractivity contribution in [3.63, 3.8) is 0 Å². The molecular formula is C33H30N2O4. The predicted molar refractivity (Wildman–Crippen MR) is 150 cm³/mol. The van der Waals surface area contributed by atoms with Crippen molar-refractivity contribution < 1.29 is 18.8 Å². The lowest BCUT2D eigenvalue weighted by Gasteiger charge is -2.16. The molecule has 0 spiro atoms. The normalized spacial score (nSPS) is 14.6. The summed E-state index contributed by atoms with van der Waals surface area (Å²) in [7, 11) is 0. The number of fused-ring (bicyclic) bond motifs is 1. The van der Waals surface area contributed by atoms with Crippen molar-refractivity contribution in [1.82, 2.24) is 10.1 Å². The first-order chi connectivity index (χ1) is 19.0. The van der Waals surface area contributed by atoms with E-state index in [0.717, 1.165) is 40.7 Å². The van der Waals surface area contributed by atoms with Gasteiger partial charge in [-0.2, -0.15) is 0 Å². The SMILES string of the molecule is CCOC(=O)C1(c2ccc(-c3ccc(-c4onc5ccc(O[C@H](C)c6ccccc6C)nc45)cc3)cc2)CC1. The van der Waals surface area contributed by atoms with Crippen LogP contribution in [0.3, 0.4) is 0 Å². The van der Waals surface area contributed by atoms with E-state index in [2.05, 4.69) is 48.5 Å². The summed E-state index contributed by atoms with van der Waals surface area (Å²) in [5.41, 5.74) is 7.24. The first-order valence-electron chi connectivity index (χ1n) is 13.4. The van der Waals surface area contributed by atoms with Gasteiger partial charge in [0.25, 0.3) is 0 Å². The number of aryl methyl sites for hydroxylation is 1. The second-order valence-electron chi connectivity index (χ2n) is 10.1. The minimum Gasteiger partial charge on any atom is -0.470 e. The van der Waals surface area contributed by atoms with Gasteiger partial charge in [0.15, 0.2) is 5.76 Å². The molecule has 1 atom stereocenters. The van der Waals surface area contributed by atoms with E-state index < -0.39 is 5.41 Å². The number of pyridine rings is 1. The fourth-order valence-corrected chi connectivity index (χ4v) is 5.16. The van der Waals surface area contributed by atoms with Crippen LogP contribution in [0.15, 0.2) is 89.5 Å². The monoisotopic (exact) mass is 518 g/mol. The number of ether oxygens (including phenoxy) is 2. The van der Waals surface area contributed by atoms with E-state index in [1.54, 1.807) is 0 Å². The molecule has 5 aromatic rings. The van der Waals surface area contributed by atoms with Crippen molar-refractivity contribution in [2.24, 2.45) is 0 Å². The molecule has 2 heterocycles. The number of aromatic nitrogens is 2. The van der Waals surface area contributed by atoms with Gasteiger partial charge in [0.05, 0.1) is 12.0 Å². The van der Waals surface area contributed by atoms with Gasteiger partial charge in [-0.3, -0.25) is 4.79 Å². The second-order valence-corrected chi connectivity index (χ2v) is 10.1. The summed E-state index contributed by atoms with van der Waals surface area (Å²) in [6.07, 6.45) is 1.55. The van der Waals surface area contributed by atoms with Crippen LogP contribution in [0.5, 0.6) is 5.88 Å². The molecule has 0 unspecified atom stereocenters. The molecule has 6 rings (SSSR count). The van der Waals surface area contributed by atoms with Crippen molar-refractivity contribution in [3.8, 4) is 28.3 Å². The number of rotatable bonds is 8. The van der Waals surface area contributed by atoms with Crippen LogP contribution in [0.4, 0.5) is 0 Å². The van der Waals surface area contributed by atoms with Crippen molar-refractivity contribution >= 4 is 17.0 Å². The Bertz CT molecular complexity index is 1630. The predicted octanol–water partition coefficient (Wildman–Crippen LogP) is 7.60. The highest BCUT2D eigenvalue weighted by Crippen LogP contribution is 2.49. The molecule has 6 nitrogen and oxygen atoms in total. The van der Waals surface area contributed by atoms with Gasteiger partial charge >= 0.3 is 5.97 Å². The van der Waals surface area contributed by atoms with Gasteiger partial charge in [0.1, 0.15) is 17.1 Å². The number of carbonyl (C=O) groups is 1. The quantitative estimate of drug-likeness (QED) is 0.197. The average Bonchev–Trinajstić information content (AvgIpc) is 3.67. The van der Waals surface area contributed by atoms with Crippen LogP contribution in [-0.2, 0) is 14.9 Å². The lowest BCUT2D eigenvalue weighted by Crippen LogP contribution is -2.23. The molecule has 2 aromatic heterocycles. The third-order valence-electron chi connectivity index (χ3n) is 7.56. The number of carbonyl (C=O) groups excluding carboxylic acids is 1. The second kappa shape index (κ2) is 10.0. The Morgan fingerprint density at radius 1 is 0.923 bits per heavy atom. The van der Waals surface area contributed by atoms with E-state index in [9.17, 15) is 4.79 Å². The lowest BCUT2D eigenvalue weighted by atomic mass is 9.93. The Labute approximate surface area is 227 Å². The molecule has 0 N–H and O–H groups in total. The maximum atomic E-state index is 12.4. The summed E-state index contributed by atoms with van der Waals surface area (Å²) in [5, 5.41) is 4.20. The Hall–Kier alpha value is -4.45. The van der Waals surface area contributed by atoms with Gasteiger partial charge in [0, 0.05) is 11.6 Å². The summed E-state index contributed by atoms with van der Waals surface area (Å²) in [6, 6.07) is 28.2. The first kappa shape index (κ1) is 24.9. The highest BCUT2D eigenvalue weighted by atomic mass is 16.5. The minimum atomic E-state index is -0.459.